The van der Waals surface area contributed by atoms with Crippen molar-refractivity contribution in [2.45, 2.75) is 26.3 Å². The molecule has 2 rings (SSSR count). The van der Waals surface area contributed by atoms with Crippen LogP contribution in [-0.4, -0.2) is 23.5 Å². The summed E-state index contributed by atoms with van der Waals surface area (Å²) < 4.78 is 5.54. The molecule has 15 heavy (non-hydrogen) atoms. The molecule has 0 saturated carbocycles. The van der Waals surface area contributed by atoms with Crippen LogP contribution in [0.3, 0.4) is 0 Å². The standard InChI is InChI=1S/C12H16N2O/c1-9(2)11-8-15-12(14-11)7-10-5-3-4-6-13-10/h3-6,9,11H,7-8H2,1-2H3. The number of hydrogen-bond acceptors (Lipinski definition) is 3. The quantitative estimate of drug-likeness (QED) is 0.755. The first-order chi connectivity index (χ1) is 7.25. The highest BCUT2D eigenvalue weighted by atomic mass is 16.5. The minimum absolute atomic E-state index is 0.323. The van der Waals surface area contributed by atoms with E-state index >= 15 is 0 Å². The molecule has 0 radical (unpaired) electrons. The van der Waals surface area contributed by atoms with Gasteiger partial charge in [-0.1, -0.05) is 19.9 Å². The third-order valence-electron chi connectivity index (χ3n) is 2.56. The third-order valence-corrected chi connectivity index (χ3v) is 2.56. The number of aliphatic imine (C=N–C) groups is 1. The highest BCUT2D eigenvalue weighted by molar-refractivity contribution is 5.79. The number of rotatable bonds is 3. The minimum atomic E-state index is 0.323. The van der Waals surface area contributed by atoms with Gasteiger partial charge in [0.15, 0.2) is 5.90 Å². The van der Waals surface area contributed by atoms with E-state index in [4.69, 9.17) is 4.74 Å². The molecule has 0 saturated heterocycles. The van der Waals surface area contributed by atoms with Crippen LogP contribution in [0.5, 0.6) is 0 Å². The first kappa shape index (κ1) is 10.1. The lowest BCUT2D eigenvalue weighted by atomic mass is 10.1. The molecule has 3 heteroatoms. The van der Waals surface area contributed by atoms with Crippen molar-refractivity contribution in [3.8, 4) is 0 Å². The van der Waals surface area contributed by atoms with Gasteiger partial charge in [0.2, 0.25) is 0 Å². The number of pyridine rings is 1. The molecule has 1 unspecified atom stereocenters. The first-order valence-electron chi connectivity index (χ1n) is 5.35. The molecule has 1 atom stereocenters. The van der Waals surface area contributed by atoms with Gasteiger partial charge in [0.05, 0.1) is 12.5 Å². The molecule has 80 valence electrons. The zero-order valence-electron chi connectivity index (χ0n) is 9.18. The topological polar surface area (TPSA) is 34.5 Å². The highest BCUT2D eigenvalue weighted by Crippen LogP contribution is 2.15. The van der Waals surface area contributed by atoms with Gasteiger partial charge in [0.1, 0.15) is 6.61 Å². The Balaban J connectivity index is 2.00. The van der Waals surface area contributed by atoms with Crippen molar-refractivity contribution in [3.05, 3.63) is 30.1 Å². The van der Waals surface area contributed by atoms with Crippen LogP contribution in [0.25, 0.3) is 0 Å². The van der Waals surface area contributed by atoms with Crippen LogP contribution in [0.2, 0.25) is 0 Å². The van der Waals surface area contributed by atoms with Crippen molar-refractivity contribution in [1.29, 1.82) is 0 Å². The van der Waals surface area contributed by atoms with E-state index in [1.165, 1.54) is 0 Å². The van der Waals surface area contributed by atoms with Crippen LogP contribution >= 0.6 is 0 Å². The number of ether oxygens (including phenoxy) is 1. The largest absolute Gasteiger partial charge is 0.478 e. The molecule has 0 fully saturated rings. The van der Waals surface area contributed by atoms with Crippen molar-refractivity contribution in [3.63, 3.8) is 0 Å². The Morgan fingerprint density at radius 2 is 2.33 bits per heavy atom. The Bertz CT molecular complexity index is 346. The minimum Gasteiger partial charge on any atom is -0.478 e. The molecule has 1 aromatic heterocycles. The van der Waals surface area contributed by atoms with Gasteiger partial charge < -0.3 is 4.74 Å². The first-order valence-corrected chi connectivity index (χ1v) is 5.35. The Hall–Kier alpha value is -1.38. The van der Waals surface area contributed by atoms with Gasteiger partial charge >= 0.3 is 0 Å². The second kappa shape index (κ2) is 4.43. The molecular formula is C12H16N2O. The van der Waals surface area contributed by atoms with Crippen LogP contribution in [0, 0.1) is 5.92 Å². The van der Waals surface area contributed by atoms with Crippen LogP contribution in [-0.2, 0) is 11.2 Å². The van der Waals surface area contributed by atoms with Gasteiger partial charge in [-0.15, -0.1) is 0 Å². The second-order valence-electron chi connectivity index (χ2n) is 4.14. The summed E-state index contributed by atoms with van der Waals surface area (Å²) >= 11 is 0. The van der Waals surface area contributed by atoms with Crippen LogP contribution in [0.1, 0.15) is 19.5 Å². The molecule has 1 aliphatic rings. The zero-order chi connectivity index (χ0) is 10.7. The lowest BCUT2D eigenvalue weighted by Gasteiger charge is -2.06. The van der Waals surface area contributed by atoms with Gasteiger partial charge in [0, 0.05) is 11.9 Å². The highest BCUT2D eigenvalue weighted by Gasteiger charge is 2.21. The van der Waals surface area contributed by atoms with Crippen molar-refractivity contribution >= 4 is 5.90 Å². The average Bonchev–Trinajstić information content (AvgIpc) is 2.68. The summed E-state index contributed by atoms with van der Waals surface area (Å²) in [5, 5.41) is 0. The number of aromatic nitrogens is 1. The fraction of sp³-hybridized carbons (Fsp3) is 0.500. The maximum Gasteiger partial charge on any atom is 0.189 e. The number of nitrogens with zero attached hydrogens (tertiary/aromatic N) is 2. The average molecular weight is 204 g/mol. The van der Waals surface area contributed by atoms with Gasteiger partial charge in [-0.2, -0.15) is 0 Å². The predicted molar refractivity (Wildman–Crippen MR) is 60.0 cm³/mol. The Morgan fingerprint density at radius 3 is 2.93 bits per heavy atom. The zero-order valence-corrected chi connectivity index (χ0v) is 9.18. The predicted octanol–water partition coefficient (Wildman–Crippen LogP) is 2.08. The summed E-state index contributed by atoms with van der Waals surface area (Å²) in [7, 11) is 0. The van der Waals surface area contributed by atoms with Gasteiger partial charge in [-0.3, -0.25) is 4.98 Å². The van der Waals surface area contributed by atoms with Crippen molar-refractivity contribution in [1.82, 2.24) is 4.98 Å². The van der Waals surface area contributed by atoms with Crippen LogP contribution in [0.15, 0.2) is 29.4 Å². The lowest BCUT2D eigenvalue weighted by molar-refractivity contribution is 0.287. The second-order valence-corrected chi connectivity index (χ2v) is 4.14. The van der Waals surface area contributed by atoms with E-state index in [1.54, 1.807) is 6.20 Å². The molecule has 0 spiro atoms. The molecule has 0 amide bonds. The Kier molecular flexibility index (Phi) is 2.99. The van der Waals surface area contributed by atoms with Crippen LogP contribution in [0.4, 0.5) is 0 Å². The monoisotopic (exact) mass is 204 g/mol. The molecule has 3 nitrogen and oxygen atoms in total. The summed E-state index contributed by atoms with van der Waals surface area (Å²) in [5.74, 6) is 1.37. The van der Waals surface area contributed by atoms with E-state index in [2.05, 4.69) is 23.8 Å². The molecular weight excluding hydrogens is 188 g/mol. The molecule has 0 aromatic carbocycles. The summed E-state index contributed by atoms with van der Waals surface area (Å²) in [6.07, 6.45) is 2.51. The summed E-state index contributed by atoms with van der Waals surface area (Å²) in [6.45, 7) is 5.06. The van der Waals surface area contributed by atoms with E-state index in [0.29, 0.717) is 18.4 Å². The Morgan fingerprint density at radius 1 is 1.47 bits per heavy atom. The van der Waals surface area contributed by atoms with E-state index in [1.807, 2.05) is 18.2 Å². The summed E-state index contributed by atoms with van der Waals surface area (Å²) in [5.41, 5.74) is 1.01. The third kappa shape index (κ3) is 2.55. The number of hydrogen-bond donors (Lipinski definition) is 0. The molecule has 1 aromatic rings. The van der Waals surface area contributed by atoms with E-state index < -0.39 is 0 Å². The maximum absolute atomic E-state index is 5.54. The van der Waals surface area contributed by atoms with Crippen molar-refractivity contribution < 1.29 is 4.74 Å². The van der Waals surface area contributed by atoms with E-state index in [9.17, 15) is 0 Å². The fourth-order valence-electron chi connectivity index (χ4n) is 1.54. The SMILES string of the molecule is CC(C)C1COC(Cc2ccccn2)=N1. The van der Waals surface area contributed by atoms with Crippen LogP contribution < -0.4 is 0 Å². The normalized spacial score (nSPS) is 20.2. The van der Waals surface area contributed by atoms with E-state index in [0.717, 1.165) is 18.2 Å². The molecule has 0 N–H and O–H groups in total. The fourth-order valence-corrected chi connectivity index (χ4v) is 1.54. The molecule has 0 bridgehead atoms. The lowest BCUT2D eigenvalue weighted by Crippen LogP contribution is -2.13. The summed E-state index contributed by atoms with van der Waals surface area (Å²) in [6, 6.07) is 6.22. The molecule has 1 aliphatic heterocycles. The molecule has 0 aliphatic carbocycles. The maximum atomic E-state index is 5.54. The van der Waals surface area contributed by atoms with Crippen molar-refractivity contribution in [2.24, 2.45) is 10.9 Å². The van der Waals surface area contributed by atoms with Gasteiger partial charge in [0.25, 0.3) is 0 Å². The van der Waals surface area contributed by atoms with E-state index in [-0.39, 0.29) is 0 Å². The van der Waals surface area contributed by atoms with Gasteiger partial charge in [-0.05, 0) is 18.1 Å². The summed E-state index contributed by atoms with van der Waals surface area (Å²) in [4.78, 5) is 8.79. The van der Waals surface area contributed by atoms with Crippen molar-refractivity contribution in [2.75, 3.05) is 6.61 Å². The smallest absolute Gasteiger partial charge is 0.189 e. The molecule has 2 heterocycles. The van der Waals surface area contributed by atoms with Gasteiger partial charge in [-0.25, -0.2) is 4.99 Å². The Labute approximate surface area is 90.2 Å².